The normalized spacial score (nSPS) is 10.3. The predicted octanol–water partition coefficient (Wildman–Crippen LogP) is 1.80. The molecule has 1 heterocycles. The number of benzene rings is 1. The highest BCUT2D eigenvalue weighted by atomic mass is 16.4. The molecule has 2 N–H and O–H groups in total. The quantitative estimate of drug-likeness (QED) is 0.870. The van der Waals surface area contributed by atoms with Gasteiger partial charge in [0, 0.05) is 21.1 Å². The fraction of sp³-hybridized carbons (Fsp3) is 0.286. The van der Waals surface area contributed by atoms with Crippen LogP contribution in [0.1, 0.15) is 16.1 Å². The number of aryl methyl sites for hydroxylation is 1. The standard InChI is InChI=1S/C14H18N4O2/c1-17(2)12-7-5-4-6-11(12)15-9-13-10(14(19)20)8-16-18(13)3/h4-8,15H,9H2,1-3H3,(H,19,20). The number of nitrogens with one attached hydrogen (secondary N) is 1. The maximum absolute atomic E-state index is 11.1. The Balaban J connectivity index is 2.21. The first-order valence-corrected chi connectivity index (χ1v) is 6.25. The van der Waals surface area contributed by atoms with E-state index in [1.165, 1.54) is 6.20 Å². The van der Waals surface area contributed by atoms with E-state index in [-0.39, 0.29) is 5.56 Å². The number of hydrogen-bond donors (Lipinski definition) is 2. The summed E-state index contributed by atoms with van der Waals surface area (Å²) in [5.74, 6) is -0.962. The molecule has 0 saturated carbocycles. The first-order valence-electron chi connectivity index (χ1n) is 6.25. The summed E-state index contributed by atoms with van der Waals surface area (Å²) < 4.78 is 1.58. The third-order valence-electron chi connectivity index (χ3n) is 3.12. The molecule has 0 atom stereocenters. The van der Waals surface area contributed by atoms with Crippen LogP contribution < -0.4 is 10.2 Å². The summed E-state index contributed by atoms with van der Waals surface area (Å²) in [6, 6.07) is 7.87. The van der Waals surface area contributed by atoms with Crippen LogP contribution in [-0.4, -0.2) is 35.0 Å². The molecule has 0 bridgehead atoms. The summed E-state index contributed by atoms with van der Waals surface area (Å²) in [6.07, 6.45) is 1.37. The Morgan fingerprint density at radius 1 is 1.40 bits per heavy atom. The Labute approximate surface area is 117 Å². The van der Waals surface area contributed by atoms with Gasteiger partial charge >= 0.3 is 5.97 Å². The minimum Gasteiger partial charge on any atom is -0.478 e. The predicted molar refractivity (Wildman–Crippen MR) is 78.3 cm³/mol. The zero-order chi connectivity index (χ0) is 14.7. The smallest absolute Gasteiger partial charge is 0.339 e. The lowest BCUT2D eigenvalue weighted by atomic mass is 10.2. The molecule has 0 spiro atoms. The van der Waals surface area contributed by atoms with Gasteiger partial charge in [0.2, 0.25) is 0 Å². The van der Waals surface area contributed by atoms with Crippen LogP contribution >= 0.6 is 0 Å². The number of carboxylic acid groups (broad SMARTS) is 1. The molecule has 0 aliphatic carbocycles. The van der Waals surface area contributed by atoms with Crippen LogP contribution in [0, 0.1) is 0 Å². The summed E-state index contributed by atoms with van der Waals surface area (Å²) in [4.78, 5) is 13.1. The van der Waals surface area contributed by atoms with Crippen LogP contribution in [-0.2, 0) is 13.6 Å². The van der Waals surface area contributed by atoms with Gasteiger partial charge in [-0.2, -0.15) is 5.10 Å². The summed E-state index contributed by atoms with van der Waals surface area (Å²) in [7, 11) is 5.67. The van der Waals surface area contributed by atoms with Gasteiger partial charge in [-0.3, -0.25) is 4.68 Å². The van der Waals surface area contributed by atoms with E-state index < -0.39 is 5.97 Å². The molecule has 2 aromatic rings. The second-order valence-corrected chi connectivity index (χ2v) is 4.70. The van der Waals surface area contributed by atoms with Gasteiger partial charge in [0.1, 0.15) is 5.56 Å². The third kappa shape index (κ3) is 2.74. The van der Waals surface area contributed by atoms with Gasteiger partial charge in [-0.15, -0.1) is 0 Å². The molecule has 2 rings (SSSR count). The van der Waals surface area contributed by atoms with E-state index in [0.717, 1.165) is 11.4 Å². The van der Waals surface area contributed by atoms with Crippen molar-refractivity contribution >= 4 is 17.3 Å². The first-order chi connectivity index (χ1) is 9.50. The molecule has 0 unspecified atom stereocenters. The highest BCUT2D eigenvalue weighted by molar-refractivity contribution is 5.88. The molecule has 0 saturated heterocycles. The van der Waals surface area contributed by atoms with Crippen molar-refractivity contribution in [1.29, 1.82) is 0 Å². The number of carboxylic acids is 1. The molecule has 0 aliphatic heterocycles. The average Bonchev–Trinajstić information content (AvgIpc) is 2.78. The summed E-state index contributed by atoms with van der Waals surface area (Å²) in [5, 5.41) is 16.4. The van der Waals surface area contributed by atoms with Crippen LogP contribution in [0.15, 0.2) is 30.5 Å². The highest BCUT2D eigenvalue weighted by Gasteiger charge is 2.15. The number of rotatable bonds is 5. The molecule has 6 heteroatoms. The minimum atomic E-state index is -0.962. The zero-order valence-corrected chi connectivity index (χ0v) is 11.8. The Morgan fingerprint density at radius 3 is 2.75 bits per heavy atom. The number of aromatic carboxylic acids is 1. The second kappa shape index (κ2) is 5.64. The Bertz CT molecular complexity index is 619. The Hall–Kier alpha value is -2.50. The van der Waals surface area contributed by atoms with Crippen LogP contribution in [0.5, 0.6) is 0 Å². The number of para-hydroxylation sites is 2. The van der Waals surface area contributed by atoms with E-state index >= 15 is 0 Å². The lowest BCUT2D eigenvalue weighted by Gasteiger charge is -2.18. The monoisotopic (exact) mass is 274 g/mol. The number of anilines is 2. The zero-order valence-electron chi connectivity index (χ0n) is 11.8. The van der Waals surface area contributed by atoms with Crippen molar-refractivity contribution in [2.24, 2.45) is 7.05 Å². The van der Waals surface area contributed by atoms with Gasteiger partial charge in [0.15, 0.2) is 0 Å². The lowest BCUT2D eigenvalue weighted by molar-refractivity contribution is 0.0695. The van der Waals surface area contributed by atoms with Crippen molar-refractivity contribution in [2.45, 2.75) is 6.54 Å². The SMILES string of the molecule is CN(C)c1ccccc1NCc1c(C(=O)O)cnn1C. The molecule has 0 amide bonds. The van der Waals surface area contributed by atoms with E-state index in [0.29, 0.717) is 12.2 Å². The molecule has 6 nitrogen and oxygen atoms in total. The van der Waals surface area contributed by atoms with Crippen LogP contribution in [0.25, 0.3) is 0 Å². The fourth-order valence-corrected chi connectivity index (χ4v) is 2.04. The van der Waals surface area contributed by atoms with E-state index in [2.05, 4.69) is 10.4 Å². The molecule has 1 aromatic carbocycles. The van der Waals surface area contributed by atoms with Crippen molar-refractivity contribution in [3.8, 4) is 0 Å². The molecular weight excluding hydrogens is 256 g/mol. The van der Waals surface area contributed by atoms with Crippen molar-refractivity contribution < 1.29 is 9.90 Å². The lowest BCUT2D eigenvalue weighted by Crippen LogP contribution is -2.14. The largest absolute Gasteiger partial charge is 0.478 e. The third-order valence-corrected chi connectivity index (χ3v) is 3.12. The van der Waals surface area contributed by atoms with Gasteiger partial charge < -0.3 is 15.3 Å². The number of aromatic nitrogens is 2. The van der Waals surface area contributed by atoms with Gasteiger partial charge in [-0.05, 0) is 12.1 Å². The molecule has 106 valence electrons. The maximum Gasteiger partial charge on any atom is 0.339 e. The van der Waals surface area contributed by atoms with E-state index in [1.54, 1.807) is 11.7 Å². The first kappa shape index (κ1) is 13.9. The van der Waals surface area contributed by atoms with Gasteiger partial charge in [-0.25, -0.2) is 4.79 Å². The summed E-state index contributed by atoms with van der Waals surface area (Å²) in [6.45, 7) is 0.406. The van der Waals surface area contributed by atoms with Crippen molar-refractivity contribution in [1.82, 2.24) is 9.78 Å². The molecule has 0 aliphatic rings. The number of nitrogens with zero attached hydrogens (tertiary/aromatic N) is 3. The van der Waals surface area contributed by atoms with Crippen LogP contribution in [0.2, 0.25) is 0 Å². The van der Waals surface area contributed by atoms with Crippen LogP contribution in [0.4, 0.5) is 11.4 Å². The number of hydrogen-bond acceptors (Lipinski definition) is 4. The molecule has 1 aromatic heterocycles. The van der Waals surface area contributed by atoms with Gasteiger partial charge in [-0.1, -0.05) is 12.1 Å². The highest BCUT2D eigenvalue weighted by Crippen LogP contribution is 2.24. The number of carbonyl (C=O) groups is 1. The summed E-state index contributed by atoms with van der Waals surface area (Å²) >= 11 is 0. The van der Waals surface area contributed by atoms with E-state index in [9.17, 15) is 4.79 Å². The van der Waals surface area contributed by atoms with Crippen LogP contribution in [0.3, 0.4) is 0 Å². The topological polar surface area (TPSA) is 70.4 Å². The molecular formula is C14H18N4O2. The average molecular weight is 274 g/mol. The van der Waals surface area contributed by atoms with Crippen molar-refractivity contribution in [2.75, 3.05) is 24.3 Å². The minimum absolute atomic E-state index is 0.224. The van der Waals surface area contributed by atoms with E-state index in [1.807, 2.05) is 43.3 Å². The van der Waals surface area contributed by atoms with Gasteiger partial charge in [0.25, 0.3) is 0 Å². The van der Waals surface area contributed by atoms with E-state index in [4.69, 9.17) is 5.11 Å². The fourth-order valence-electron chi connectivity index (χ4n) is 2.04. The Morgan fingerprint density at radius 2 is 2.10 bits per heavy atom. The molecule has 0 fully saturated rings. The Kier molecular flexibility index (Phi) is 3.93. The maximum atomic E-state index is 11.1. The second-order valence-electron chi connectivity index (χ2n) is 4.70. The molecule has 20 heavy (non-hydrogen) atoms. The van der Waals surface area contributed by atoms with Crippen molar-refractivity contribution in [3.05, 3.63) is 41.7 Å². The van der Waals surface area contributed by atoms with Crippen molar-refractivity contribution in [3.63, 3.8) is 0 Å². The molecule has 0 radical (unpaired) electrons. The van der Waals surface area contributed by atoms with Gasteiger partial charge in [0.05, 0.1) is 29.8 Å². The summed E-state index contributed by atoms with van der Waals surface area (Å²) in [5.41, 5.74) is 2.87.